The summed E-state index contributed by atoms with van der Waals surface area (Å²) >= 11 is 9.26. The van der Waals surface area contributed by atoms with E-state index in [0.29, 0.717) is 16.3 Å². The van der Waals surface area contributed by atoms with Crippen LogP contribution in [-0.4, -0.2) is 21.0 Å². The van der Waals surface area contributed by atoms with Gasteiger partial charge in [0, 0.05) is 22.3 Å². The smallest absolute Gasteiger partial charge is 0.170 e. The van der Waals surface area contributed by atoms with Gasteiger partial charge in [-0.1, -0.05) is 25.3 Å². The first kappa shape index (κ1) is 20.6. The maximum absolute atomic E-state index is 13.6. The maximum atomic E-state index is 13.6. The molecule has 3 aromatic rings. The summed E-state index contributed by atoms with van der Waals surface area (Å²) in [6.45, 7) is 0. The fourth-order valence-electron chi connectivity index (χ4n) is 4.77. The van der Waals surface area contributed by atoms with Gasteiger partial charge >= 0.3 is 0 Å². The molecule has 1 aromatic carbocycles. The van der Waals surface area contributed by atoms with Crippen molar-refractivity contribution in [2.75, 3.05) is 0 Å². The van der Waals surface area contributed by atoms with Gasteiger partial charge in [0.2, 0.25) is 0 Å². The molecule has 0 unspecified atom stereocenters. The Kier molecular flexibility index (Phi) is 5.80. The van der Waals surface area contributed by atoms with Crippen molar-refractivity contribution in [1.29, 1.82) is 0 Å². The summed E-state index contributed by atoms with van der Waals surface area (Å²) in [5.41, 5.74) is 1.76. The van der Waals surface area contributed by atoms with Crippen LogP contribution in [0.4, 0.5) is 4.39 Å². The van der Waals surface area contributed by atoms with Gasteiger partial charge in [-0.05, 0) is 83.5 Å². The molecule has 0 radical (unpaired) electrons. The number of nitrogens with one attached hydrogen (secondary N) is 1. The SMILES string of the molecule is Fc1ccc(-c2ccc([C@H]3[C@H](c4ccccn4)NC(=S)N3C3CCCCC3)o2)c(Br)c1. The Morgan fingerprint density at radius 1 is 1.10 bits per heavy atom. The Morgan fingerprint density at radius 2 is 1.94 bits per heavy atom. The van der Waals surface area contributed by atoms with Crippen molar-refractivity contribution >= 4 is 33.3 Å². The third-order valence-corrected chi connectivity index (χ3v) is 7.20. The monoisotopic (exact) mass is 499 g/mol. The number of halogens is 2. The van der Waals surface area contributed by atoms with Crippen LogP contribution < -0.4 is 5.32 Å². The van der Waals surface area contributed by atoms with Gasteiger partial charge in [-0.2, -0.15) is 0 Å². The van der Waals surface area contributed by atoms with E-state index in [1.807, 2.05) is 36.5 Å². The van der Waals surface area contributed by atoms with Crippen LogP contribution in [-0.2, 0) is 0 Å². The van der Waals surface area contributed by atoms with Gasteiger partial charge < -0.3 is 14.6 Å². The van der Waals surface area contributed by atoms with Gasteiger partial charge in [0.15, 0.2) is 5.11 Å². The molecule has 4 nitrogen and oxygen atoms in total. The lowest BCUT2D eigenvalue weighted by atomic mass is 9.92. The summed E-state index contributed by atoms with van der Waals surface area (Å²) in [6.07, 6.45) is 7.79. The molecule has 1 N–H and O–H groups in total. The summed E-state index contributed by atoms with van der Waals surface area (Å²) < 4.78 is 20.6. The highest BCUT2D eigenvalue weighted by Gasteiger charge is 2.44. The topological polar surface area (TPSA) is 41.3 Å². The Balaban J connectivity index is 1.55. The molecular formula is C24H23BrFN3OS. The van der Waals surface area contributed by atoms with E-state index in [0.717, 1.165) is 35.0 Å². The van der Waals surface area contributed by atoms with Crippen LogP contribution in [0, 0.1) is 5.82 Å². The van der Waals surface area contributed by atoms with Crippen LogP contribution in [0.2, 0.25) is 0 Å². The minimum atomic E-state index is -0.286. The molecule has 1 aliphatic carbocycles. The van der Waals surface area contributed by atoms with Gasteiger partial charge in [-0.3, -0.25) is 4.98 Å². The molecule has 5 rings (SSSR count). The number of thiocarbonyl (C=S) groups is 1. The maximum Gasteiger partial charge on any atom is 0.170 e. The molecule has 2 fully saturated rings. The van der Waals surface area contributed by atoms with Crippen LogP contribution in [0.25, 0.3) is 11.3 Å². The van der Waals surface area contributed by atoms with Crippen molar-refractivity contribution in [2.24, 2.45) is 0 Å². The summed E-state index contributed by atoms with van der Waals surface area (Å²) in [5, 5.41) is 4.27. The second-order valence-electron chi connectivity index (χ2n) is 8.15. The van der Waals surface area contributed by atoms with Crippen LogP contribution in [0.5, 0.6) is 0 Å². The molecule has 2 aliphatic rings. The third kappa shape index (κ3) is 4.01. The zero-order chi connectivity index (χ0) is 21.4. The molecule has 7 heteroatoms. The summed E-state index contributed by atoms with van der Waals surface area (Å²) in [7, 11) is 0. The van der Waals surface area contributed by atoms with Crippen molar-refractivity contribution in [3.05, 3.63) is 76.5 Å². The number of pyridine rings is 1. The molecule has 3 heterocycles. The largest absolute Gasteiger partial charge is 0.459 e. The Bertz CT molecular complexity index is 1080. The van der Waals surface area contributed by atoms with E-state index in [2.05, 4.69) is 31.1 Å². The van der Waals surface area contributed by atoms with Crippen molar-refractivity contribution in [1.82, 2.24) is 15.2 Å². The van der Waals surface area contributed by atoms with E-state index in [9.17, 15) is 4.39 Å². The molecule has 1 saturated heterocycles. The summed E-state index contributed by atoms with van der Waals surface area (Å²) in [5.74, 6) is 1.24. The van der Waals surface area contributed by atoms with Crippen LogP contribution in [0.1, 0.15) is 55.6 Å². The second kappa shape index (κ2) is 8.71. The number of benzene rings is 1. The zero-order valence-corrected chi connectivity index (χ0v) is 19.3. The predicted molar refractivity (Wildman–Crippen MR) is 126 cm³/mol. The number of aromatic nitrogens is 1. The molecule has 1 saturated carbocycles. The highest BCUT2D eigenvalue weighted by Crippen LogP contribution is 2.44. The van der Waals surface area contributed by atoms with Crippen molar-refractivity contribution in [2.45, 2.75) is 50.2 Å². The van der Waals surface area contributed by atoms with Crippen LogP contribution >= 0.6 is 28.1 Å². The third-order valence-electron chi connectivity index (χ3n) is 6.22. The zero-order valence-electron chi connectivity index (χ0n) is 16.9. The first-order valence-corrected chi connectivity index (χ1v) is 11.9. The second-order valence-corrected chi connectivity index (χ2v) is 9.39. The quantitative estimate of drug-likeness (QED) is 0.412. The average molecular weight is 500 g/mol. The Hall–Kier alpha value is -2.25. The van der Waals surface area contributed by atoms with Gasteiger partial charge in [0.25, 0.3) is 0 Å². The lowest BCUT2D eigenvalue weighted by molar-refractivity contribution is 0.179. The molecule has 160 valence electrons. The number of nitrogens with zero attached hydrogens (tertiary/aromatic N) is 2. The highest BCUT2D eigenvalue weighted by molar-refractivity contribution is 9.10. The lowest BCUT2D eigenvalue weighted by Crippen LogP contribution is -2.40. The van der Waals surface area contributed by atoms with E-state index in [1.165, 1.54) is 31.4 Å². The summed E-state index contributed by atoms with van der Waals surface area (Å²) in [6, 6.07) is 14.7. The van der Waals surface area contributed by atoms with E-state index in [-0.39, 0.29) is 17.9 Å². The molecule has 0 amide bonds. The molecule has 0 bridgehead atoms. The Labute approximate surface area is 195 Å². The van der Waals surface area contributed by atoms with Crippen molar-refractivity contribution in [3.8, 4) is 11.3 Å². The van der Waals surface area contributed by atoms with E-state index in [4.69, 9.17) is 16.6 Å². The fraction of sp³-hybridized carbons (Fsp3) is 0.333. The molecule has 31 heavy (non-hydrogen) atoms. The van der Waals surface area contributed by atoms with Crippen LogP contribution in [0.15, 0.2) is 63.6 Å². The predicted octanol–water partition coefficient (Wildman–Crippen LogP) is 6.55. The standard InChI is InChI=1S/C24H23BrFN3OS/c25-18-14-15(26)9-10-17(18)20-11-12-21(30-20)23-22(19-8-4-5-13-27-19)28-24(31)29(23)16-6-2-1-3-7-16/h4-5,8-14,16,22-23H,1-3,6-7H2,(H,28,31)/t22-,23-/m0/s1. The van der Waals surface area contributed by atoms with Gasteiger partial charge in [0.05, 0.1) is 11.7 Å². The molecule has 2 atom stereocenters. The number of furan rings is 1. The first-order chi connectivity index (χ1) is 15.1. The molecule has 0 spiro atoms. The number of hydrogen-bond acceptors (Lipinski definition) is 3. The molecule has 2 aromatic heterocycles. The number of hydrogen-bond donors (Lipinski definition) is 1. The Morgan fingerprint density at radius 3 is 2.68 bits per heavy atom. The van der Waals surface area contributed by atoms with Crippen molar-refractivity contribution in [3.63, 3.8) is 0 Å². The van der Waals surface area contributed by atoms with Crippen molar-refractivity contribution < 1.29 is 8.81 Å². The summed E-state index contributed by atoms with van der Waals surface area (Å²) in [4.78, 5) is 6.93. The van der Waals surface area contributed by atoms with Crippen LogP contribution in [0.3, 0.4) is 0 Å². The minimum Gasteiger partial charge on any atom is -0.459 e. The van der Waals surface area contributed by atoms with E-state index in [1.54, 1.807) is 6.07 Å². The molecule has 1 aliphatic heterocycles. The number of rotatable bonds is 4. The normalized spacial score (nSPS) is 22.0. The molecular weight excluding hydrogens is 477 g/mol. The highest BCUT2D eigenvalue weighted by atomic mass is 79.9. The fourth-order valence-corrected chi connectivity index (χ4v) is 5.70. The van der Waals surface area contributed by atoms with E-state index >= 15 is 0 Å². The van der Waals surface area contributed by atoms with E-state index < -0.39 is 0 Å². The average Bonchev–Trinajstić information content (AvgIpc) is 3.39. The minimum absolute atomic E-state index is 0.0847. The van der Waals surface area contributed by atoms with Gasteiger partial charge in [-0.25, -0.2) is 4.39 Å². The first-order valence-electron chi connectivity index (χ1n) is 10.7. The van der Waals surface area contributed by atoms with Gasteiger partial charge in [-0.15, -0.1) is 0 Å². The van der Waals surface area contributed by atoms with Gasteiger partial charge in [0.1, 0.15) is 23.4 Å². The lowest BCUT2D eigenvalue weighted by Gasteiger charge is -2.36.